The van der Waals surface area contributed by atoms with Crippen LogP contribution in [0.1, 0.15) is 27.2 Å². The van der Waals surface area contributed by atoms with E-state index in [0.717, 1.165) is 5.69 Å². The van der Waals surface area contributed by atoms with E-state index in [2.05, 4.69) is 10.0 Å². The van der Waals surface area contributed by atoms with Gasteiger partial charge in [0.05, 0.1) is 24.0 Å². The predicted octanol–water partition coefficient (Wildman–Crippen LogP) is 5.14. The Balaban J connectivity index is 1.71. The zero-order valence-electron chi connectivity index (χ0n) is 20.3. The standard InChI is InChI=1S/C24H31ClF4N4O2/c1-5-18-22(15(2)12-16(3)26)33(30-23(18)24(27,28)29)14-21(34)32-10-8-31(9-11-32)17-6-7-19(25)20(13-17)35-4/h6-7,12-13,15,18,22H,5,8-11,14H2,1-4H3/b16-12+. The molecule has 35 heavy (non-hydrogen) atoms. The molecule has 1 saturated heterocycles. The van der Waals surface area contributed by atoms with Gasteiger partial charge in [-0.15, -0.1) is 0 Å². The van der Waals surface area contributed by atoms with E-state index in [1.54, 1.807) is 24.8 Å². The molecule has 1 amide bonds. The summed E-state index contributed by atoms with van der Waals surface area (Å²) in [6, 6.07) is 4.69. The van der Waals surface area contributed by atoms with Gasteiger partial charge in [-0.3, -0.25) is 9.80 Å². The number of benzene rings is 1. The summed E-state index contributed by atoms with van der Waals surface area (Å²) in [4.78, 5) is 16.8. The van der Waals surface area contributed by atoms with Crippen LogP contribution in [0.5, 0.6) is 5.75 Å². The third kappa shape index (κ3) is 6.20. The maximum Gasteiger partial charge on any atom is 0.431 e. The van der Waals surface area contributed by atoms with E-state index in [-0.39, 0.29) is 18.9 Å². The number of carbonyl (C=O) groups excluding carboxylic acids is 1. The number of piperazine rings is 1. The van der Waals surface area contributed by atoms with Crippen LogP contribution in [0, 0.1) is 11.8 Å². The molecule has 0 aliphatic carbocycles. The first-order valence-electron chi connectivity index (χ1n) is 11.6. The molecule has 1 aromatic carbocycles. The number of nitrogens with zero attached hydrogens (tertiary/aromatic N) is 4. The van der Waals surface area contributed by atoms with E-state index >= 15 is 0 Å². The van der Waals surface area contributed by atoms with Crippen LogP contribution in [0.15, 0.2) is 35.2 Å². The zero-order chi connectivity index (χ0) is 25.9. The van der Waals surface area contributed by atoms with Gasteiger partial charge in [-0.25, -0.2) is 4.39 Å². The second-order valence-corrected chi connectivity index (χ2v) is 9.29. The van der Waals surface area contributed by atoms with E-state index < -0.39 is 35.6 Å². The van der Waals surface area contributed by atoms with Gasteiger partial charge in [0.25, 0.3) is 0 Å². The SMILES string of the molecule is CCC1C(C(F)(F)F)=NN(CC(=O)N2CCN(c3ccc(Cl)c(OC)c3)CC2)C1C(C)/C=C(\C)F. The minimum Gasteiger partial charge on any atom is -0.495 e. The summed E-state index contributed by atoms with van der Waals surface area (Å²) in [5.74, 6) is -1.73. The topological polar surface area (TPSA) is 48.4 Å². The van der Waals surface area contributed by atoms with Crippen molar-refractivity contribution < 1.29 is 27.1 Å². The quantitative estimate of drug-likeness (QED) is 0.469. The first-order valence-corrected chi connectivity index (χ1v) is 12.0. The lowest BCUT2D eigenvalue weighted by molar-refractivity contribution is -0.133. The summed E-state index contributed by atoms with van der Waals surface area (Å²) >= 11 is 6.10. The molecular formula is C24H31ClF4N4O2. The highest BCUT2D eigenvalue weighted by Gasteiger charge is 2.50. The third-order valence-electron chi connectivity index (χ3n) is 6.53. The van der Waals surface area contributed by atoms with Gasteiger partial charge in [0.15, 0.2) is 0 Å². The van der Waals surface area contributed by atoms with Crippen LogP contribution in [0.4, 0.5) is 23.2 Å². The van der Waals surface area contributed by atoms with Crippen LogP contribution in [0.2, 0.25) is 5.02 Å². The molecule has 3 atom stereocenters. The van der Waals surface area contributed by atoms with Crippen molar-refractivity contribution >= 4 is 28.9 Å². The Morgan fingerprint density at radius 2 is 1.94 bits per heavy atom. The first kappa shape index (κ1) is 27.1. The molecule has 2 aliphatic rings. The van der Waals surface area contributed by atoms with Crippen molar-refractivity contribution in [2.24, 2.45) is 16.9 Å². The summed E-state index contributed by atoms with van der Waals surface area (Å²) in [6.45, 7) is 6.18. The molecule has 1 fully saturated rings. The minimum atomic E-state index is -4.61. The van der Waals surface area contributed by atoms with Crippen LogP contribution in [-0.2, 0) is 4.79 Å². The Morgan fingerprint density at radius 1 is 1.29 bits per heavy atom. The van der Waals surface area contributed by atoms with Gasteiger partial charge in [0.1, 0.15) is 18.0 Å². The fourth-order valence-corrected chi connectivity index (χ4v) is 5.08. The summed E-state index contributed by atoms with van der Waals surface area (Å²) in [5, 5.41) is 5.54. The summed E-state index contributed by atoms with van der Waals surface area (Å²) in [7, 11) is 1.54. The molecule has 1 aromatic rings. The van der Waals surface area contributed by atoms with Gasteiger partial charge in [-0.2, -0.15) is 18.3 Å². The number of rotatable bonds is 7. The van der Waals surface area contributed by atoms with Gasteiger partial charge >= 0.3 is 6.18 Å². The number of halogens is 5. The average Bonchev–Trinajstić information content (AvgIpc) is 3.18. The van der Waals surface area contributed by atoms with Crippen LogP contribution < -0.4 is 9.64 Å². The van der Waals surface area contributed by atoms with Gasteiger partial charge in [0.2, 0.25) is 5.91 Å². The Morgan fingerprint density at radius 3 is 2.49 bits per heavy atom. The molecule has 11 heteroatoms. The van der Waals surface area contributed by atoms with Gasteiger partial charge in [0, 0.05) is 43.9 Å². The highest BCUT2D eigenvalue weighted by Crippen LogP contribution is 2.38. The first-order chi connectivity index (χ1) is 16.5. The number of hydrazone groups is 1. The van der Waals surface area contributed by atoms with E-state index in [0.29, 0.717) is 37.0 Å². The molecule has 0 N–H and O–H groups in total. The van der Waals surface area contributed by atoms with Gasteiger partial charge < -0.3 is 14.5 Å². The van der Waals surface area contributed by atoms with Crippen molar-refractivity contribution in [1.29, 1.82) is 0 Å². The highest BCUT2D eigenvalue weighted by molar-refractivity contribution is 6.32. The molecule has 194 valence electrons. The molecule has 3 rings (SSSR count). The van der Waals surface area contributed by atoms with Crippen LogP contribution >= 0.6 is 11.6 Å². The summed E-state index contributed by atoms with van der Waals surface area (Å²) in [5.41, 5.74) is 0.00133. The zero-order valence-corrected chi connectivity index (χ0v) is 21.0. The van der Waals surface area contributed by atoms with Gasteiger partial charge in [-0.1, -0.05) is 25.4 Å². The van der Waals surface area contributed by atoms with Crippen molar-refractivity contribution in [3.63, 3.8) is 0 Å². The maximum absolute atomic E-state index is 13.7. The number of ether oxygens (including phenoxy) is 1. The number of allylic oxidation sites excluding steroid dienone is 1. The smallest absolute Gasteiger partial charge is 0.431 e. The van der Waals surface area contributed by atoms with E-state index in [9.17, 15) is 22.4 Å². The fraction of sp³-hybridized carbons (Fsp3) is 0.583. The van der Waals surface area contributed by atoms with Crippen molar-refractivity contribution in [3.05, 3.63) is 35.1 Å². The molecular weight excluding hydrogens is 488 g/mol. The van der Waals surface area contributed by atoms with Crippen LogP contribution in [0.3, 0.4) is 0 Å². The largest absolute Gasteiger partial charge is 0.495 e. The van der Waals surface area contributed by atoms with Crippen LogP contribution in [0.25, 0.3) is 0 Å². The van der Waals surface area contributed by atoms with Crippen molar-refractivity contribution in [3.8, 4) is 5.75 Å². The van der Waals surface area contributed by atoms with Crippen LogP contribution in [-0.4, -0.2) is 73.6 Å². The molecule has 0 aromatic heterocycles. The van der Waals surface area contributed by atoms with Crippen molar-refractivity contribution in [1.82, 2.24) is 9.91 Å². The van der Waals surface area contributed by atoms with E-state index in [1.165, 1.54) is 25.1 Å². The Hall–Kier alpha value is -2.49. The lowest BCUT2D eigenvalue weighted by Crippen LogP contribution is -2.52. The fourth-order valence-electron chi connectivity index (χ4n) is 4.89. The molecule has 0 bridgehead atoms. The number of hydrogen-bond donors (Lipinski definition) is 0. The number of carbonyl (C=O) groups is 1. The monoisotopic (exact) mass is 518 g/mol. The van der Waals surface area contributed by atoms with E-state index in [1.807, 2.05) is 12.1 Å². The molecule has 0 saturated carbocycles. The van der Waals surface area contributed by atoms with Gasteiger partial charge in [-0.05, 0) is 37.5 Å². The van der Waals surface area contributed by atoms with Crippen molar-refractivity contribution in [2.75, 3.05) is 44.7 Å². The number of amides is 1. The highest BCUT2D eigenvalue weighted by atomic mass is 35.5. The lowest BCUT2D eigenvalue weighted by atomic mass is 9.84. The van der Waals surface area contributed by atoms with E-state index in [4.69, 9.17) is 16.3 Å². The maximum atomic E-state index is 13.7. The predicted molar refractivity (Wildman–Crippen MR) is 129 cm³/mol. The molecule has 2 aliphatic heterocycles. The summed E-state index contributed by atoms with van der Waals surface area (Å²) < 4.78 is 59.9. The molecule has 2 heterocycles. The molecule has 6 nitrogen and oxygen atoms in total. The van der Waals surface area contributed by atoms with Crippen molar-refractivity contribution in [2.45, 2.75) is 39.4 Å². The average molecular weight is 519 g/mol. The minimum absolute atomic E-state index is 0.181. The number of alkyl halides is 3. The third-order valence-corrected chi connectivity index (χ3v) is 6.85. The summed E-state index contributed by atoms with van der Waals surface area (Å²) in [6.07, 6.45) is -3.14. The lowest BCUT2D eigenvalue weighted by Gasteiger charge is -2.38. The normalized spacial score (nSPS) is 22.4. The molecule has 0 radical (unpaired) electrons. The second-order valence-electron chi connectivity index (χ2n) is 8.89. The number of methoxy groups -OCH3 is 1. The Kier molecular flexibility index (Phi) is 8.56. The molecule has 0 spiro atoms. The number of anilines is 1. The second kappa shape index (κ2) is 11.1. The number of hydrogen-bond acceptors (Lipinski definition) is 5. The Labute approximate surface area is 208 Å². The Bertz CT molecular complexity index is 973. The molecule has 3 unspecified atom stereocenters.